The van der Waals surface area contributed by atoms with Crippen molar-refractivity contribution in [2.75, 3.05) is 0 Å². The first-order valence-electron chi connectivity index (χ1n) is 7.31. The minimum absolute atomic E-state index is 0.202. The van der Waals surface area contributed by atoms with Crippen LogP contribution in [-0.4, -0.2) is 11.0 Å². The maximum absolute atomic E-state index is 14.3. The summed E-state index contributed by atoms with van der Waals surface area (Å²) in [5.74, 6) is -3.33. The summed E-state index contributed by atoms with van der Waals surface area (Å²) in [5, 5.41) is 10.2. The molecule has 116 valence electrons. The second kappa shape index (κ2) is 6.84. The lowest BCUT2D eigenvalue weighted by atomic mass is 9.89. The maximum atomic E-state index is 14.3. The van der Waals surface area contributed by atoms with Crippen LogP contribution < -0.4 is 0 Å². The molecular weight excluding hydrogens is 282 g/mol. The topological polar surface area (TPSA) is 20.2 Å². The quantitative estimate of drug-likeness (QED) is 0.766. The molecule has 1 atom stereocenters. The molecule has 0 amide bonds. The van der Waals surface area contributed by atoms with Gasteiger partial charge in [-0.1, -0.05) is 66.7 Å². The lowest BCUT2D eigenvalue weighted by molar-refractivity contribution is -0.145. The largest absolute Gasteiger partial charge is 0.379 e. The monoisotopic (exact) mass is 302 g/mol. The maximum Gasteiger partial charge on any atom is 0.298 e. The van der Waals surface area contributed by atoms with E-state index in [4.69, 9.17) is 0 Å². The Hall–Kier alpha value is -2.00. The van der Waals surface area contributed by atoms with E-state index in [1.165, 1.54) is 18.2 Å². The number of benzene rings is 2. The fourth-order valence-electron chi connectivity index (χ4n) is 2.24. The lowest BCUT2D eigenvalue weighted by Crippen LogP contribution is -2.41. The fourth-order valence-corrected chi connectivity index (χ4v) is 2.24. The Morgan fingerprint density at radius 3 is 2.09 bits per heavy atom. The molecular formula is C19H20F2O. The fraction of sp³-hybridized carbons (Fsp3) is 0.263. The zero-order valence-corrected chi connectivity index (χ0v) is 12.5. The molecule has 0 saturated heterocycles. The van der Waals surface area contributed by atoms with Gasteiger partial charge in [0.25, 0.3) is 5.92 Å². The predicted octanol–water partition coefficient (Wildman–Crippen LogP) is 4.72. The number of rotatable bonds is 6. The van der Waals surface area contributed by atoms with Crippen molar-refractivity contribution in [3.8, 4) is 0 Å². The van der Waals surface area contributed by atoms with Gasteiger partial charge < -0.3 is 5.11 Å². The number of allylic oxidation sites excluding steroid dienone is 1. The zero-order chi connectivity index (χ0) is 16.1. The van der Waals surface area contributed by atoms with Crippen molar-refractivity contribution in [1.29, 1.82) is 0 Å². The molecule has 0 radical (unpaired) electrons. The van der Waals surface area contributed by atoms with E-state index in [9.17, 15) is 13.9 Å². The van der Waals surface area contributed by atoms with Gasteiger partial charge in [-0.05, 0) is 37.0 Å². The second-order valence-electron chi connectivity index (χ2n) is 5.49. The van der Waals surface area contributed by atoms with Crippen molar-refractivity contribution < 1.29 is 13.9 Å². The molecule has 0 aromatic heterocycles. The van der Waals surface area contributed by atoms with Crippen LogP contribution in [0.3, 0.4) is 0 Å². The Bertz CT molecular complexity index is 604. The molecule has 0 aliphatic carbocycles. The van der Waals surface area contributed by atoms with Crippen molar-refractivity contribution in [3.05, 3.63) is 83.9 Å². The Kier molecular flexibility index (Phi) is 5.09. The van der Waals surface area contributed by atoms with Gasteiger partial charge in [-0.3, -0.25) is 0 Å². The molecule has 0 spiro atoms. The van der Waals surface area contributed by atoms with Crippen LogP contribution in [0, 0.1) is 0 Å². The van der Waals surface area contributed by atoms with Crippen LogP contribution in [-0.2, 0) is 12.0 Å². The van der Waals surface area contributed by atoms with E-state index in [2.05, 4.69) is 0 Å². The van der Waals surface area contributed by atoms with E-state index in [1.807, 2.05) is 30.3 Å². The summed E-state index contributed by atoms with van der Waals surface area (Å²) in [6.45, 7) is 1.14. The van der Waals surface area contributed by atoms with Crippen molar-refractivity contribution in [2.24, 2.45) is 0 Å². The molecule has 1 nitrogen and oxygen atoms in total. The molecule has 0 aliphatic rings. The van der Waals surface area contributed by atoms with E-state index < -0.39 is 11.5 Å². The Labute approximate surface area is 129 Å². The molecule has 0 heterocycles. The summed E-state index contributed by atoms with van der Waals surface area (Å²) in [6.07, 6.45) is 3.44. The summed E-state index contributed by atoms with van der Waals surface area (Å²) in [5.41, 5.74) is -0.921. The summed E-state index contributed by atoms with van der Waals surface area (Å²) in [7, 11) is 0. The highest BCUT2D eigenvalue weighted by Crippen LogP contribution is 2.38. The number of aliphatic hydroxyl groups is 1. The van der Waals surface area contributed by atoms with Gasteiger partial charge in [0, 0.05) is 0 Å². The van der Waals surface area contributed by atoms with Gasteiger partial charge in [-0.2, -0.15) is 8.78 Å². The predicted molar refractivity (Wildman–Crippen MR) is 84.9 cm³/mol. The SMILES string of the molecule is C[C@@](O)(c1ccccc1)C(F)(F)/C=C/CCc1ccccc1. The van der Waals surface area contributed by atoms with Gasteiger partial charge in [0.15, 0.2) is 5.60 Å². The third kappa shape index (κ3) is 3.80. The van der Waals surface area contributed by atoms with Crippen LogP contribution in [0.15, 0.2) is 72.8 Å². The molecule has 2 aromatic rings. The van der Waals surface area contributed by atoms with Crippen molar-refractivity contribution >= 4 is 0 Å². The second-order valence-corrected chi connectivity index (χ2v) is 5.49. The first-order valence-corrected chi connectivity index (χ1v) is 7.31. The van der Waals surface area contributed by atoms with Crippen LogP contribution in [0.25, 0.3) is 0 Å². The number of halogens is 2. The molecule has 2 aromatic carbocycles. The van der Waals surface area contributed by atoms with E-state index in [0.717, 1.165) is 18.6 Å². The highest BCUT2D eigenvalue weighted by atomic mass is 19.3. The Balaban J connectivity index is 2.02. The van der Waals surface area contributed by atoms with Crippen LogP contribution in [0.4, 0.5) is 8.78 Å². The molecule has 0 saturated carbocycles. The minimum atomic E-state index is -3.33. The minimum Gasteiger partial charge on any atom is -0.379 e. The average Bonchev–Trinajstić information content (AvgIpc) is 2.53. The third-order valence-electron chi connectivity index (χ3n) is 3.75. The van der Waals surface area contributed by atoms with Crippen molar-refractivity contribution in [1.82, 2.24) is 0 Å². The summed E-state index contributed by atoms with van der Waals surface area (Å²) in [4.78, 5) is 0. The van der Waals surface area contributed by atoms with Crippen LogP contribution >= 0.6 is 0 Å². The molecule has 1 N–H and O–H groups in total. The zero-order valence-electron chi connectivity index (χ0n) is 12.5. The van der Waals surface area contributed by atoms with Crippen molar-refractivity contribution in [2.45, 2.75) is 31.3 Å². The molecule has 0 bridgehead atoms. The summed E-state index contributed by atoms with van der Waals surface area (Å²) >= 11 is 0. The summed E-state index contributed by atoms with van der Waals surface area (Å²) < 4.78 is 28.6. The molecule has 3 heteroatoms. The first kappa shape index (κ1) is 16.4. The number of hydrogen-bond donors (Lipinski definition) is 1. The summed E-state index contributed by atoms with van der Waals surface area (Å²) in [6, 6.07) is 17.7. The first-order chi connectivity index (χ1) is 10.4. The van der Waals surface area contributed by atoms with Crippen LogP contribution in [0.5, 0.6) is 0 Å². The van der Waals surface area contributed by atoms with Crippen molar-refractivity contribution in [3.63, 3.8) is 0 Å². The molecule has 0 fully saturated rings. The van der Waals surface area contributed by atoms with Crippen LogP contribution in [0.2, 0.25) is 0 Å². The van der Waals surface area contributed by atoms with E-state index in [0.29, 0.717) is 12.8 Å². The molecule has 0 aliphatic heterocycles. The van der Waals surface area contributed by atoms with Gasteiger partial charge in [0.1, 0.15) is 0 Å². The highest BCUT2D eigenvalue weighted by molar-refractivity contribution is 5.26. The Morgan fingerprint density at radius 2 is 1.50 bits per heavy atom. The van der Waals surface area contributed by atoms with Gasteiger partial charge in [0.05, 0.1) is 0 Å². The van der Waals surface area contributed by atoms with Gasteiger partial charge >= 0.3 is 0 Å². The van der Waals surface area contributed by atoms with E-state index in [1.54, 1.807) is 18.2 Å². The molecule has 22 heavy (non-hydrogen) atoms. The normalized spacial score (nSPS) is 14.9. The van der Waals surface area contributed by atoms with Gasteiger partial charge in [-0.25, -0.2) is 0 Å². The van der Waals surface area contributed by atoms with E-state index >= 15 is 0 Å². The smallest absolute Gasteiger partial charge is 0.298 e. The van der Waals surface area contributed by atoms with Gasteiger partial charge in [0.2, 0.25) is 0 Å². The highest BCUT2D eigenvalue weighted by Gasteiger charge is 2.47. The van der Waals surface area contributed by atoms with E-state index in [-0.39, 0.29) is 5.56 Å². The Morgan fingerprint density at radius 1 is 0.955 bits per heavy atom. The standard InChI is InChI=1S/C19H20F2O/c1-18(22,17-13-6-3-7-14-17)19(20,21)15-9-8-12-16-10-4-2-5-11-16/h2-7,9-11,13-15,22H,8,12H2,1H3/b15-9+/t18-/m1/s1. The number of alkyl halides is 2. The average molecular weight is 302 g/mol. The lowest BCUT2D eigenvalue weighted by Gasteiger charge is -2.31. The number of hydrogen-bond acceptors (Lipinski definition) is 1. The third-order valence-corrected chi connectivity index (χ3v) is 3.75. The molecule has 0 unspecified atom stereocenters. The number of aryl methyl sites for hydroxylation is 1. The van der Waals surface area contributed by atoms with Gasteiger partial charge in [-0.15, -0.1) is 0 Å². The van der Waals surface area contributed by atoms with Crippen LogP contribution in [0.1, 0.15) is 24.5 Å². The molecule has 2 rings (SSSR count).